The summed E-state index contributed by atoms with van der Waals surface area (Å²) >= 11 is 5.71. The van der Waals surface area contributed by atoms with Crippen molar-refractivity contribution in [3.05, 3.63) is 59.1 Å². The van der Waals surface area contributed by atoms with Gasteiger partial charge in [0, 0.05) is 16.3 Å². The van der Waals surface area contributed by atoms with Gasteiger partial charge in [-0.25, -0.2) is 8.42 Å². The lowest BCUT2D eigenvalue weighted by Crippen LogP contribution is -2.12. The van der Waals surface area contributed by atoms with Crippen LogP contribution in [0.2, 0.25) is 5.02 Å². The zero-order chi connectivity index (χ0) is 13.9. The highest BCUT2D eigenvalue weighted by Gasteiger charge is 2.13. The summed E-state index contributed by atoms with van der Waals surface area (Å²) in [6.45, 7) is 0. The molecule has 2 rings (SSSR count). The van der Waals surface area contributed by atoms with Crippen molar-refractivity contribution in [2.75, 3.05) is 4.72 Å². The van der Waals surface area contributed by atoms with E-state index in [-0.39, 0.29) is 4.90 Å². The number of carbonyl (C=O) groups excluding carboxylic acids is 1. The van der Waals surface area contributed by atoms with E-state index in [1.807, 2.05) is 0 Å². The van der Waals surface area contributed by atoms with Crippen LogP contribution in [-0.2, 0) is 10.0 Å². The van der Waals surface area contributed by atoms with Crippen molar-refractivity contribution in [2.45, 2.75) is 4.90 Å². The van der Waals surface area contributed by atoms with Gasteiger partial charge in [-0.1, -0.05) is 23.7 Å². The highest BCUT2D eigenvalue weighted by atomic mass is 35.5. The van der Waals surface area contributed by atoms with Gasteiger partial charge in [-0.2, -0.15) is 0 Å². The van der Waals surface area contributed by atoms with E-state index in [1.165, 1.54) is 30.3 Å². The van der Waals surface area contributed by atoms with E-state index < -0.39 is 10.0 Å². The van der Waals surface area contributed by atoms with Crippen LogP contribution in [0.15, 0.2) is 53.4 Å². The number of rotatable bonds is 4. The number of carbonyl (C=O) groups is 1. The molecule has 0 aliphatic carbocycles. The molecule has 19 heavy (non-hydrogen) atoms. The van der Waals surface area contributed by atoms with E-state index in [9.17, 15) is 13.2 Å². The molecule has 0 radical (unpaired) electrons. The molecule has 0 fully saturated rings. The van der Waals surface area contributed by atoms with Gasteiger partial charge in [0.2, 0.25) is 0 Å². The molecule has 0 heterocycles. The van der Waals surface area contributed by atoms with Crippen molar-refractivity contribution in [3.8, 4) is 0 Å². The molecule has 0 bridgehead atoms. The molecule has 0 aromatic heterocycles. The van der Waals surface area contributed by atoms with E-state index in [4.69, 9.17) is 11.6 Å². The first-order valence-electron chi connectivity index (χ1n) is 5.35. The molecule has 2 aromatic rings. The molecule has 0 unspecified atom stereocenters. The Hall–Kier alpha value is -1.85. The molecule has 0 saturated carbocycles. The first-order chi connectivity index (χ1) is 9.01. The number of hydrogen-bond acceptors (Lipinski definition) is 3. The Morgan fingerprint density at radius 1 is 1.05 bits per heavy atom. The summed E-state index contributed by atoms with van der Waals surface area (Å²) in [4.78, 5) is 10.7. The molecule has 98 valence electrons. The van der Waals surface area contributed by atoms with Crippen molar-refractivity contribution >= 4 is 33.6 Å². The van der Waals surface area contributed by atoms with Crippen molar-refractivity contribution in [3.63, 3.8) is 0 Å². The van der Waals surface area contributed by atoms with Gasteiger partial charge < -0.3 is 0 Å². The molecule has 6 heteroatoms. The summed E-state index contributed by atoms with van der Waals surface area (Å²) in [5, 5.41) is 0.460. The third kappa shape index (κ3) is 3.33. The quantitative estimate of drug-likeness (QED) is 0.882. The van der Waals surface area contributed by atoms with Crippen LogP contribution in [-0.4, -0.2) is 14.7 Å². The Bertz CT molecular complexity index is 696. The number of sulfonamides is 1. The van der Waals surface area contributed by atoms with Crippen LogP contribution < -0.4 is 4.72 Å². The largest absolute Gasteiger partial charge is 0.298 e. The van der Waals surface area contributed by atoms with E-state index in [2.05, 4.69) is 4.72 Å². The summed E-state index contributed by atoms with van der Waals surface area (Å²) in [5.41, 5.74) is 0.732. The average Bonchev–Trinajstić information content (AvgIpc) is 2.39. The Morgan fingerprint density at radius 2 is 1.74 bits per heavy atom. The van der Waals surface area contributed by atoms with Crippen molar-refractivity contribution in [1.29, 1.82) is 0 Å². The zero-order valence-electron chi connectivity index (χ0n) is 9.71. The lowest BCUT2D eigenvalue weighted by molar-refractivity contribution is 0.112. The maximum Gasteiger partial charge on any atom is 0.261 e. The van der Waals surface area contributed by atoms with Crippen LogP contribution in [0.1, 0.15) is 10.4 Å². The predicted molar refractivity (Wildman–Crippen MR) is 74.1 cm³/mol. The summed E-state index contributed by atoms with van der Waals surface area (Å²) in [7, 11) is -3.68. The Balaban J connectivity index is 2.30. The Kier molecular flexibility index (Phi) is 3.87. The molecule has 0 atom stereocenters. The van der Waals surface area contributed by atoms with Crippen molar-refractivity contribution in [1.82, 2.24) is 0 Å². The molecule has 4 nitrogen and oxygen atoms in total. The van der Waals surface area contributed by atoms with E-state index in [0.717, 1.165) is 0 Å². The molecule has 2 aromatic carbocycles. The molecule has 1 N–H and O–H groups in total. The van der Waals surface area contributed by atoms with Gasteiger partial charge in [-0.3, -0.25) is 9.52 Å². The molecule has 0 saturated heterocycles. The van der Waals surface area contributed by atoms with Crippen LogP contribution in [0.5, 0.6) is 0 Å². The second-order valence-corrected chi connectivity index (χ2v) is 5.92. The third-order valence-corrected chi connectivity index (χ3v) is 4.05. The molecule has 0 spiro atoms. The van der Waals surface area contributed by atoms with Crippen LogP contribution >= 0.6 is 11.6 Å². The zero-order valence-corrected chi connectivity index (χ0v) is 11.3. The molecule has 0 aliphatic rings. The summed E-state index contributed by atoms with van der Waals surface area (Å²) in [6.07, 6.45) is 0.653. The number of halogens is 1. The highest BCUT2D eigenvalue weighted by molar-refractivity contribution is 7.92. The fourth-order valence-electron chi connectivity index (χ4n) is 1.50. The number of nitrogens with one attached hydrogen (secondary N) is 1. The second-order valence-electron chi connectivity index (χ2n) is 3.80. The number of hydrogen-bond donors (Lipinski definition) is 1. The van der Waals surface area contributed by atoms with Crippen molar-refractivity contribution < 1.29 is 13.2 Å². The van der Waals surface area contributed by atoms with Gasteiger partial charge in [0.25, 0.3) is 10.0 Å². The Morgan fingerprint density at radius 3 is 2.37 bits per heavy atom. The monoisotopic (exact) mass is 295 g/mol. The molecular formula is C13H10ClNO3S. The molecule has 0 aliphatic heterocycles. The minimum atomic E-state index is -3.68. The van der Waals surface area contributed by atoms with Gasteiger partial charge in [0.05, 0.1) is 4.90 Å². The van der Waals surface area contributed by atoms with Crippen LogP contribution in [0.4, 0.5) is 5.69 Å². The van der Waals surface area contributed by atoms with Crippen LogP contribution in [0.3, 0.4) is 0 Å². The maximum atomic E-state index is 12.1. The van der Waals surface area contributed by atoms with E-state index in [0.29, 0.717) is 22.6 Å². The lowest BCUT2D eigenvalue weighted by Gasteiger charge is -2.08. The van der Waals surface area contributed by atoms with Gasteiger partial charge in [0.15, 0.2) is 0 Å². The van der Waals surface area contributed by atoms with Crippen molar-refractivity contribution in [2.24, 2.45) is 0 Å². The number of benzene rings is 2. The van der Waals surface area contributed by atoms with E-state index >= 15 is 0 Å². The second kappa shape index (κ2) is 5.42. The summed E-state index contributed by atoms with van der Waals surface area (Å²) in [6, 6.07) is 12.0. The third-order valence-electron chi connectivity index (χ3n) is 2.40. The summed E-state index contributed by atoms with van der Waals surface area (Å²) < 4.78 is 26.5. The predicted octanol–water partition coefficient (Wildman–Crippen LogP) is 2.95. The minimum absolute atomic E-state index is 0.105. The average molecular weight is 296 g/mol. The fourth-order valence-corrected chi connectivity index (χ4v) is 2.68. The standard InChI is InChI=1S/C13H10ClNO3S/c14-11-4-6-13(7-5-11)19(17,18)15-12-3-1-2-10(8-12)9-16/h1-9,15H. The highest BCUT2D eigenvalue weighted by Crippen LogP contribution is 2.18. The number of aldehydes is 1. The summed E-state index contributed by atoms with van der Waals surface area (Å²) in [5.74, 6) is 0. The molecule has 0 amide bonds. The smallest absolute Gasteiger partial charge is 0.261 e. The van der Waals surface area contributed by atoms with Gasteiger partial charge in [-0.15, -0.1) is 0 Å². The van der Waals surface area contributed by atoms with Crippen LogP contribution in [0.25, 0.3) is 0 Å². The fraction of sp³-hybridized carbons (Fsp3) is 0. The van der Waals surface area contributed by atoms with E-state index in [1.54, 1.807) is 18.2 Å². The van der Waals surface area contributed by atoms with Gasteiger partial charge >= 0.3 is 0 Å². The first kappa shape index (κ1) is 13.6. The minimum Gasteiger partial charge on any atom is -0.298 e. The van der Waals surface area contributed by atoms with Crippen LogP contribution in [0, 0.1) is 0 Å². The normalized spacial score (nSPS) is 11.0. The SMILES string of the molecule is O=Cc1cccc(NS(=O)(=O)c2ccc(Cl)cc2)c1. The topological polar surface area (TPSA) is 63.2 Å². The first-order valence-corrected chi connectivity index (χ1v) is 7.21. The lowest BCUT2D eigenvalue weighted by atomic mass is 10.2. The van der Waals surface area contributed by atoms with Gasteiger partial charge in [-0.05, 0) is 36.4 Å². The maximum absolute atomic E-state index is 12.1. The Labute approximate surface area is 116 Å². The molecular weight excluding hydrogens is 286 g/mol. The van der Waals surface area contributed by atoms with Gasteiger partial charge in [0.1, 0.15) is 6.29 Å². The number of anilines is 1.